The summed E-state index contributed by atoms with van der Waals surface area (Å²) in [6.45, 7) is 1.04. The van der Waals surface area contributed by atoms with Crippen molar-refractivity contribution in [1.29, 1.82) is 0 Å². The highest BCUT2D eigenvalue weighted by Crippen LogP contribution is 2.27. The second kappa shape index (κ2) is 12.0. The Kier molecular flexibility index (Phi) is 8.60. The van der Waals surface area contributed by atoms with Gasteiger partial charge in [-0.15, -0.1) is 0 Å². The first-order chi connectivity index (χ1) is 16.2. The van der Waals surface area contributed by atoms with Crippen LogP contribution in [0.2, 0.25) is 0 Å². The lowest BCUT2D eigenvalue weighted by Crippen LogP contribution is -2.60. The molecule has 0 bridgehead atoms. The van der Waals surface area contributed by atoms with Crippen molar-refractivity contribution in [2.45, 2.75) is 50.5 Å². The van der Waals surface area contributed by atoms with Crippen molar-refractivity contribution in [2.24, 2.45) is 0 Å². The normalized spacial score (nSPS) is 25.1. The van der Waals surface area contributed by atoms with Crippen molar-refractivity contribution in [2.75, 3.05) is 6.61 Å². The van der Waals surface area contributed by atoms with Crippen molar-refractivity contribution in [1.82, 2.24) is 0 Å². The van der Waals surface area contributed by atoms with Crippen LogP contribution in [-0.4, -0.2) is 47.5 Å². The minimum atomic E-state index is -1.26. The average molecular weight is 451 g/mol. The van der Waals surface area contributed by atoms with Crippen LogP contribution in [0.25, 0.3) is 0 Å². The molecule has 0 spiro atoms. The summed E-state index contributed by atoms with van der Waals surface area (Å²) in [7, 11) is 0. The Labute approximate surface area is 194 Å². The quantitative estimate of drug-likeness (QED) is 0.493. The van der Waals surface area contributed by atoms with Gasteiger partial charge in [0, 0.05) is 0 Å². The lowest BCUT2D eigenvalue weighted by molar-refractivity contribution is -0.309. The molecule has 0 radical (unpaired) electrons. The third-order valence-electron chi connectivity index (χ3n) is 5.60. The minimum Gasteiger partial charge on any atom is -0.387 e. The molecular formula is C27H30O6. The molecular weight excluding hydrogens is 420 g/mol. The Hall–Kier alpha value is -2.58. The van der Waals surface area contributed by atoms with Crippen LogP contribution < -0.4 is 0 Å². The maximum atomic E-state index is 11.1. The topological polar surface area (TPSA) is 77.4 Å². The Morgan fingerprint density at radius 1 is 0.606 bits per heavy atom. The van der Waals surface area contributed by atoms with Gasteiger partial charge in [0.05, 0.1) is 26.4 Å². The van der Waals surface area contributed by atoms with E-state index in [4.69, 9.17) is 18.9 Å². The van der Waals surface area contributed by atoms with Gasteiger partial charge in [-0.2, -0.15) is 0 Å². The molecule has 1 aliphatic rings. The van der Waals surface area contributed by atoms with E-state index in [-0.39, 0.29) is 19.8 Å². The third-order valence-corrected chi connectivity index (χ3v) is 5.60. The van der Waals surface area contributed by atoms with Crippen LogP contribution in [0.4, 0.5) is 0 Å². The molecule has 5 atom stereocenters. The SMILES string of the molecule is OC1O[C@H](COCc2ccccc2)[C@@H](O)[C@H](OCc2ccccc2)[C@H]1OCc1ccccc1. The molecule has 2 N–H and O–H groups in total. The standard InChI is InChI=1S/C27H30O6/c28-24-23(19-30-16-20-10-4-1-5-11-20)33-27(29)26(32-18-22-14-8-3-9-15-22)25(24)31-17-21-12-6-2-7-13-21/h1-15,23-29H,16-19H2/t23-,24-,25+,26-,27?/m1/s1. The molecule has 1 heterocycles. The molecule has 6 nitrogen and oxygen atoms in total. The van der Waals surface area contributed by atoms with Gasteiger partial charge in [0.2, 0.25) is 0 Å². The fraction of sp³-hybridized carbons (Fsp3) is 0.333. The van der Waals surface area contributed by atoms with Crippen LogP contribution in [0.3, 0.4) is 0 Å². The number of hydrogen-bond donors (Lipinski definition) is 2. The zero-order valence-electron chi connectivity index (χ0n) is 18.4. The Morgan fingerprint density at radius 2 is 1.06 bits per heavy atom. The van der Waals surface area contributed by atoms with Crippen molar-refractivity contribution < 1.29 is 29.2 Å². The number of rotatable bonds is 10. The fourth-order valence-electron chi connectivity index (χ4n) is 3.81. The predicted octanol–water partition coefficient (Wildman–Crippen LogP) is 3.45. The van der Waals surface area contributed by atoms with Crippen molar-refractivity contribution in [3.8, 4) is 0 Å². The highest BCUT2D eigenvalue weighted by molar-refractivity contribution is 5.15. The van der Waals surface area contributed by atoms with Crippen LogP contribution >= 0.6 is 0 Å². The molecule has 33 heavy (non-hydrogen) atoms. The van der Waals surface area contributed by atoms with E-state index in [1.807, 2.05) is 91.0 Å². The van der Waals surface area contributed by atoms with Crippen molar-refractivity contribution in [3.63, 3.8) is 0 Å². The first-order valence-corrected chi connectivity index (χ1v) is 11.1. The first kappa shape index (κ1) is 23.6. The predicted molar refractivity (Wildman–Crippen MR) is 123 cm³/mol. The Morgan fingerprint density at radius 3 is 1.58 bits per heavy atom. The van der Waals surface area contributed by atoms with Gasteiger partial charge >= 0.3 is 0 Å². The van der Waals surface area contributed by atoms with Gasteiger partial charge in [-0.3, -0.25) is 0 Å². The zero-order chi connectivity index (χ0) is 22.9. The van der Waals surface area contributed by atoms with E-state index in [1.165, 1.54) is 0 Å². The van der Waals surface area contributed by atoms with E-state index in [0.717, 1.165) is 16.7 Å². The number of aliphatic hydroxyl groups excluding tert-OH is 2. The Balaban J connectivity index is 1.41. The molecule has 174 valence electrons. The summed E-state index contributed by atoms with van der Waals surface area (Å²) in [4.78, 5) is 0. The highest BCUT2D eigenvalue weighted by Gasteiger charge is 2.46. The molecule has 1 saturated heterocycles. The average Bonchev–Trinajstić information content (AvgIpc) is 2.86. The van der Waals surface area contributed by atoms with E-state index < -0.39 is 30.7 Å². The van der Waals surface area contributed by atoms with Gasteiger partial charge in [0.15, 0.2) is 6.29 Å². The van der Waals surface area contributed by atoms with Gasteiger partial charge in [-0.05, 0) is 16.7 Å². The van der Waals surface area contributed by atoms with E-state index in [0.29, 0.717) is 6.61 Å². The molecule has 0 aliphatic carbocycles. The van der Waals surface area contributed by atoms with Crippen molar-refractivity contribution in [3.05, 3.63) is 108 Å². The van der Waals surface area contributed by atoms with Crippen molar-refractivity contribution >= 4 is 0 Å². The maximum absolute atomic E-state index is 11.1. The van der Waals surface area contributed by atoms with Gasteiger partial charge < -0.3 is 29.2 Å². The molecule has 0 aromatic heterocycles. The molecule has 4 rings (SSSR count). The maximum Gasteiger partial charge on any atom is 0.184 e. The summed E-state index contributed by atoms with van der Waals surface area (Å²) in [6.07, 6.45) is -4.68. The van der Waals surface area contributed by atoms with Crippen LogP contribution in [0, 0.1) is 0 Å². The summed E-state index contributed by atoms with van der Waals surface area (Å²) >= 11 is 0. The third kappa shape index (κ3) is 6.71. The first-order valence-electron chi connectivity index (χ1n) is 11.1. The number of ether oxygens (including phenoxy) is 4. The molecule has 1 fully saturated rings. The van der Waals surface area contributed by atoms with Gasteiger partial charge in [-0.25, -0.2) is 0 Å². The van der Waals surface area contributed by atoms with Crippen LogP contribution in [0.1, 0.15) is 16.7 Å². The summed E-state index contributed by atoms with van der Waals surface area (Å²) in [6, 6.07) is 29.1. The summed E-state index contributed by atoms with van der Waals surface area (Å²) in [5.74, 6) is 0. The van der Waals surface area contributed by atoms with E-state index in [1.54, 1.807) is 0 Å². The van der Waals surface area contributed by atoms with E-state index in [9.17, 15) is 10.2 Å². The van der Waals surface area contributed by atoms with Gasteiger partial charge in [0.25, 0.3) is 0 Å². The molecule has 1 aliphatic heterocycles. The molecule has 3 aromatic carbocycles. The van der Waals surface area contributed by atoms with Crippen LogP contribution in [0.5, 0.6) is 0 Å². The van der Waals surface area contributed by atoms with E-state index >= 15 is 0 Å². The number of aliphatic hydroxyl groups is 2. The lowest BCUT2D eigenvalue weighted by atomic mass is 9.98. The van der Waals surface area contributed by atoms with Crippen LogP contribution in [-0.2, 0) is 38.8 Å². The summed E-state index contributed by atoms with van der Waals surface area (Å²) in [5.41, 5.74) is 2.93. The molecule has 1 unspecified atom stereocenters. The minimum absolute atomic E-state index is 0.115. The number of hydrogen-bond acceptors (Lipinski definition) is 6. The number of benzene rings is 3. The smallest absolute Gasteiger partial charge is 0.184 e. The molecule has 0 amide bonds. The fourth-order valence-corrected chi connectivity index (χ4v) is 3.81. The monoisotopic (exact) mass is 450 g/mol. The molecule has 6 heteroatoms. The second-order valence-electron chi connectivity index (χ2n) is 8.08. The zero-order valence-corrected chi connectivity index (χ0v) is 18.4. The lowest BCUT2D eigenvalue weighted by Gasteiger charge is -2.42. The highest BCUT2D eigenvalue weighted by atomic mass is 16.7. The van der Waals surface area contributed by atoms with Gasteiger partial charge in [0.1, 0.15) is 24.4 Å². The van der Waals surface area contributed by atoms with E-state index in [2.05, 4.69) is 0 Å². The molecule has 0 saturated carbocycles. The van der Waals surface area contributed by atoms with Crippen LogP contribution in [0.15, 0.2) is 91.0 Å². The summed E-state index contributed by atoms with van der Waals surface area (Å²) in [5, 5.41) is 21.8. The largest absolute Gasteiger partial charge is 0.387 e. The summed E-state index contributed by atoms with van der Waals surface area (Å²) < 4.78 is 23.5. The Bertz CT molecular complexity index is 937. The molecule has 3 aromatic rings. The van der Waals surface area contributed by atoms with Gasteiger partial charge in [-0.1, -0.05) is 91.0 Å². The second-order valence-corrected chi connectivity index (χ2v) is 8.08.